The summed E-state index contributed by atoms with van der Waals surface area (Å²) in [6.07, 6.45) is 2.39. The van der Waals surface area contributed by atoms with Crippen LogP contribution in [-0.2, 0) is 10.0 Å². The van der Waals surface area contributed by atoms with Gasteiger partial charge in [-0.1, -0.05) is 50.2 Å². The van der Waals surface area contributed by atoms with Gasteiger partial charge in [0.25, 0.3) is 15.9 Å². The van der Waals surface area contributed by atoms with Gasteiger partial charge >= 0.3 is 0 Å². The topological polar surface area (TPSA) is 75.7 Å². The van der Waals surface area contributed by atoms with Crippen molar-refractivity contribution in [2.75, 3.05) is 11.4 Å². The maximum atomic E-state index is 13.1. The highest BCUT2D eigenvalue weighted by atomic mass is 32.2. The fourth-order valence-corrected chi connectivity index (χ4v) is 5.60. The van der Waals surface area contributed by atoms with Crippen LogP contribution in [-0.4, -0.2) is 27.0 Å². The number of para-hydroxylation sites is 1. The summed E-state index contributed by atoms with van der Waals surface area (Å²) in [5.41, 5.74) is 1.60. The number of hydrogen-bond acceptors (Lipinski definition) is 4. The predicted octanol–water partition coefficient (Wildman–Crippen LogP) is 5.32. The molecule has 0 bridgehead atoms. The van der Waals surface area contributed by atoms with Crippen LogP contribution in [0, 0.1) is 0 Å². The summed E-state index contributed by atoms with van der Waals surface area (Å²) in [6, 6.07) is 22.5. The Labute approximate surface area is 201 Å². The van der Waals surface area contributed by atoms with Gasteiger partial charge < -0.3 is 10.1 Å². The second-order valence-electron chi connectivity index (χ2n) is 8.59. The Bertz CT molecular complexity index is 1250. The van der Waals surface area contributed by atoms with E-state index in [1.54, 1.807) is 54.6 Å². The summed E-state index contributed by atoms with van der Waals surface area (Å²) in [5, 5.41) is 3.17. The zero-order valence-corrected chi connectivity index (χ0v) is 20.5. The first kappa shape index (κ1) is 23.8. The van der Waals surface area contributed by atoms with Crippen LogP contribution in [0.4, 0.5) is 5.69 Å². The van der Waals surface area contributed by atoms with Gasteiger partial charge in [0.15, 0.2) is 0 Å². The molecule has 0 aromatic heterocycles. The van der Waals surface area contributed by atoms with Crippen molar-refractivity contribution in [3.63, 3.8) is 0 Å². The van der Waals surface area contributed by atoms with Crippen molar-refractivity contribution in [1.82, 2.24) is 5.32 Å². The minimum Gasteiger partial charge on any atom is -0.487 e. The van der Waals surface area contributed by atoms with Gasteiger partial charge in [-0.15, -0.1) is 0 Å². The molecule has 1 unspecified atom stereocenters. The lowest BCUT2D eigenvalue weighted by Gasteiger charge is -2.41. The summed E-state index contributed by atoms with van der Waals surface area (Å²) in [7, 11) is -2.18. The van der Waals surface area contributed by atoms with Gasteiger partial charge in [-0.2, -0.15) is 0 Å². The standard InChI is InChI=1S/C27H30N2O4S/c1-4-27(5-2)19-24(23-13-9-10-14-25(23)33-27)28-26(30)20-15-17-21(18-16-20)29(3)34(31,32)22-11-7-6-8-12-22/h6-18,24H,4-5,19H2,1-3H3,(H,28,30). The van der Waals surface area contributed by atoms with Crippen molar-refractivity contribution >= 4 is 21.6 Å². The van der Waals surface area contributed by atoms with Crippen molar-refractivity contribution < 1.29 is 17.9 Å². The van der Waals surface area contributed by atoms with E-state index >= 15 is 0 Å². The lowest BCUT2D eigenvalue weighted by Crippen LogP contribution is -2.44. The second-order valence-corrected chi connectivity index (χ2v) is 10.6. The SMILES string of the molecule is CCC1(CC)CC(NC(=O)c2ccc(N(C)S(=O)(=O)c3ccccc3)cc2)c2ccccc2O1. The quantitative estimate of drug-likeness (QED) is 0.498. The minimum absolute atomic E-state index is 0.168. The molecule has 1 heterocycles. The predicted molar refractivity (Wildman–Crippen MR) is 134 cm³/mol. The maximum Gasteiger partial charge on any atom is 0.264 e. The van der Waals surface area contributed by atoms with Crippen molar-refractivity contribution in [2.24, 2.45) is 0 Å². The molecule has 1 aliphatic heterocycles. The van der Waals surface area contributed by atoms with E-state index < -0.39 is 10.0 Å². The third-order valence-corrected chi connectivity index (χ3v) is 8.49. The molecule has 178 valence electrons. The molecule has 3 aromatic carbocycles. The van der Waals surface area contributed by atoms with Crippen molar-refractivity contribution in [3.05, 3.63) is 90.0 Å². The normalized spacial score (nSPS) is 16.7. The zero-order valence-electron chi connectivity index (χ0n) is 19.7. The first-order valence-electron chi connectivity index (χ1n) is 11.5. The number of sulfonamides is 1. The highest BCUT2D eigenvalue weighted by molar-refractivity contribution is 7.92. The van der Waals surface area contributed by atoms with Crippen molar-refractivity contribution in [3.8, 4) is 5.75 Å². The molecule has 1 atom stereocenters. The Morgan fingerprint density at radius 2 is 1.59 bits per heavy atom. The van der Waals surface area contributed by atoms with Gasteiger partial charge in [-0.05, 0) is 55.3 Å². The molecule has 1 N–H and O–H groups in total. The largest absolute Gasteiger partial charge is 0.487 e. The first-order chi connectivity index (χ1) is 16.3. The molecule has 3 aromatic rings. The lowest BCUT2D eigenvalue weighted by atomic mass is 9.83. The molecule has 0 saturated heterocycles. The van der Waals surface area contributed by atoms with E-state index in [2.05, 4.69) is 19.2 Å². The van der Waals surface area contributed by atoms with Crippen LogP contribution in [0.15, 0.2) is 83.8 Å². The van der Waals surface area contributed by atoms with Crippen LogP contribution in [0.25, 0.3) is 0 Å². The Hall–Kier alpha value is -3.32. The smallest absolute Gasteiger partial charge is 0.264 e. The minimum atomic E-state index is -3.68. The maximum absolute atomic E-state index is 13.1. The average molecular weight is 479 g/mol. The van der Waals surface area contributed by atoms with Gasteiger partial charge in [0, 0.05) is 24.6 Å². The highest BCUT2D eigenvalue weighted by Gasteiger charge is 2.39. The van der Waals surface area contributed by atoms with Crippen LogP contribution < -0.4 is 14.4 Å². The Morgan fingerprint density at radius 3 is 2.24 bits per heavy atom. The van der Waals surface area contributed by atoms with E-state index in [1.165, 1.54) is 11.4 Å². The molecule has 7 heteroatoms. The number of amides is 1. The number of anilines is 1. The van der Waals surface area contributed by atoms with E-state index in [0.29, 0.717) is 17.7 Å². The van der Waals surface area contributed by atoms with Gasteiger partial charge in [0.05, 0.1) is 16.6 Å². The molecular formula is C27H30N2O4S. The number of carbonyl (C=O) groups is 1. The van der Waals surface area contributed by atoms with Gasteiger partial charge in [-0.25, -0.2) is 8.42 Å². The second kappa shape index (κ2) is 9.50. The van der Waals surface area contributed by atoms with E-state index in [0.717, 1.165) is 24.2 Å². The van der Waals surface area contributed by atoms with Gasteiger partial charge in [0.1, 0.15) is 11.4 Å². The van der Waals surface area contributed by atoms with E-state index in [-0.39, 0.29) is 22.4 Å². The number of carbonyl (C=O) groups excluding carboxylic acids is 1. The number of ether oxygens (including phenoxy) is 1. The van der Waals surface area contributed by atoms with E-state index in [1.807, 2.05) is 24.3 Å². The number of nitrogens with zero attached hydrogens (tertiary/aromatic N) is 1. The summed E-state index contributed by atoms with van der Waals surface area (Å²) < 4.78 is 33.3. The van der Waals surface area contributed by atoms with Crippen LogP contribution in [0.5, 0.6) is 5.75 Å². The molecule has 34 heavy (non-hydrogen) atoms. The summed E-state index contributed by atoms with van der Waals surface area (Å²) >= 11 is 0. The zero-order chi connectivity index (χ0) is 24.3. The number of fused-ring (bicyclic) bond motifs is 1. The number of rotatable bonds is 7. The highest BCUT2D eigenvalue weighted by Crippen LogP contribution is 2.42. The molecule has 0 radical (unpaired) electrons. The van der Waals surface area contributed by atoms with Crippen LogP contribution in [0.2, 0.25) is 0 Å². The lowest BCUT2D eigenvalue weighted by molar-refractivity contribution is 0.0227. The Morgan fingerprint density at radius 1 is 0.971 bits per heavy atom. The Kier molecular flexibility index (Phi) is 6.66. The molecular weight excluding hydrogens is 448 g/mol. The summed E-state index contributed by atoms with van der Waals surface area (Å²) in [5.74, 6) is 0.605. The molecule has 0 fully saturated rings. The van der Waals surface area contributed by atoms with Crippen molar-refractivity contribution in [2.45, 2.75) is 49.6 Å². The van der Waals surface area contributed by atoms with Crippen LogP contribution in [0.3, 0.4) is 0 Å². The molecule has 1 aliphatic rings. The molecule has 0 saturated carbocycles. The van der Waals surface area contributed by atoms with E-state index in [4.69, 9.17) is 4.74 Å². The van der Waals surface area contributed by atoms with Crippen molar-refractivity contribution in [1.29, 1.82) is 0 Å². The van der Waals surface area contributed by atoms with Crippen LogP contribution in [0.1, 0.15) is 55.1 Å². The van der Waals surface area contributed by atoms with E-state index in [9.17, 15) is 13.2 Å². The molecule has 0 spiro atoms. The Balaban J connectivity index is 1.53. The summed E-state index contributed by atoms with van der Waals surface area (Å²) in [6.45, 7) is 4.21. The van der Waals surface area contributed by atoms with Crippen LogP contribution >= 0.6 is 0 Å². The molecule has 0 aliphatic carbocycles. The molecule has 4 rings (SSSR count). The molecule has 6 nitrogen and oxygen atoms in total. The third-order valence-electron chi connectivity index (χ3n) is 6.69. The average Bonchev–Trinajstić information content (AvgIpc) is 2.88. The fraction of sp³-hybridized carbons (Fsp3) is 0.296. The number of benzene rings is 3. The first-order valence-corrected chi connectivity index (χ1v) is 13.0. The van der Waals surface area contributed by atoms with Gasteiger partial charge in [-0.3, -0.25) is 9.10 Å². The molecule has 1 amide bonds. The number of nitrogens with one attached hydrogen (secondary N) is 1. The monoisotopic (exact) mass is 478 g/mol. The fourth-order valence-electron chi connectivity index (χ4n) is 4.38. The van der Waals surface area contributed by atoms with Gasteiger partial charge in [0.2, 0.25) is 0 Å². The third kappa shape index (κ3) is 4.53. The summed E-state index contributed by atoms with van der Waals surface area (Å²) in [4.78, 5) is 13.3. The number of hydrogen-bond donors (Lipinski definition) is 1.